The van der Waals surface area contributed by atoms with Crippen molar-refractivity contribution in [3.8, 4) is 0 Å². The number of benzene rings is 1. The summed E-state index contributed by atoms with van der Waals surface area (Å²) in [4.78, 5) is 16.9. The van der Waals surface area contributed by atoms with E-state index in [0.29, 0.717) is 21.5 Å². The van der Waals surface area contributed by atoms with Gasteiger partial charge in [0.15, 0.2) is 0 Å². The molecule has 1 amide bonds. The van der Waals surface area contributed by atoms with Gasteiger partial charge in [-0.3, -0.25) is 9.69 Å². The highest BCUT2D eigenvalue weighted by molar-refractivity contribution is 8.26. The Balaban J connectivity index is 1.75. The van der Waals surface area contributed by atoms with Gasteiger partial charge < -0.3 is 9.32 Å². The number of carbonyl (C=O) groups is 1. The van der Waals surface area contributed by atoms with E-state index in [4.69, 9.17) is 16.6 Å². The number of para-hydroxylation sites is 1. The van der Waals surface area contributed by atoms with Crippen molar-refractivity contribution in [2.24, 2.45) is 0 Å². The maximum atomic E-state index is 12.5. The van der Waals surface area contributed by atoms with Crippen molar-refractivity contribution < 1.29 is 9.21 Å². The number of nitrogens with zero attached hydrogens (tertiary/aromatic N) is 2. The van der Waals surface area contributed by atoms with Crippen LogP contribution in [0.3, 0.4) is 0 Å². The molecular weight excluding hydrogens is 328 g/mol. The van der Waals surface area contributed by atoms with Gasteiger partial charge >= 0.3 is 0 Å². The van der Waals surface area contributed by atoms with Crippen LogP contribution in [0.4, 0.5) is 0 Å². The highest BCUT2D eigenvalue weighted by atomic mass is 32.2. The molecule has 3 rings (SSSR count). The topological polar surface area (TPSA) is 36.7 Å². The fourth-order valence-corrected chi connectivity index (χ4v) is 3.73. The molecule has 0 aliphatic carbocycles. The Kier molecular flexibility index (Phi) is 4.84. The minimum absolute atomic E-state index is 0.0285. The SMILES string of the molecule is CN(C)CCCN1C(=O)/C(=C/c2cc3ccccc3o2)SC1=S. The minimum atomic E-state index is -0.0285. The number of fused-ring (bicyclic) bond motifs is 1. The number of hydrogen-bond donors (Lipinski definition) is 0. The molecule has 0 unspecified atom stereocenters. The smallest absolute Gasteiger partial charge is 0.266 e. The zero-order chi connectivity index (χ0) is 16.4. The number of amides is 1. The van der Waals surface area contributed by atoms with Gasteiger partial charge in [0.25, 0.3) is 5.91 Å². The lowest BCUT2D eigenvalue weighted by Crippen LogP contribution is -2.30. The van der Waals surface area contributed by atoms with E-state index in [1.807, 2.05) is 44.4 Å². The molecule has 2 heterocycles. The Morgan fingerprint density at radius 2 is 2.13 bits per heavy atom. The van der Waals surface area contributed by atoms with Crippen molar-refractivity contribution in [3.63, 3.8) is 0 Å². The summed E-state index contributed by atoms with van der Waals surface area (Å²) >= 11 is 6.68. The lowest BCUT2D eigenvalue weighted by atomic mass is 10.2. The second kappa shape index (κ2) is 6.86. The van der Waals surface area contributed by atoms with Crippen LogP contribution in [-0.2, 0) is 4.79 Å². The second-order valence-corrected chi connectivity index (χ2v) is 7.35. The first-order valence-corrected chi connectivity index (χ1v) is 8.66. The monoisotopic (exact) mass is 346 g/mol. The number of thiocarbonyl (C=S) groups is 1. The molecule has 1 aromatic heterocycles. The molecule has 0 atom stereocenters. The van der Waals surface area contributed by atoms with Crippen LogP contribution in [0.1, 0.15) is 12.2 Å². The zero-order valence-corrected chi connectivity index (χ0v) is 14.7. The van der Waals surface area contributed by atoms with E-state index in [1.165, 1.54) is 11.8 Å². The maximum absolute atomic E-state index is 12.5. The van der Waals surface area contributed by atoms with Crippen molar-refractivity contribution in [3.05, 3.63) is 41.0 Å². The Morgan fingerprint density at radius 3 is 2.87 bits per heavy atom. The first-order valence-electron chi connectivity index (χ1n) is 7.43. The van der Waals surface area contributed by atoms with E-state index >= 15 is 0 Å². The van der Waals surface area contributed by atoms with Crippen LogP contribution in [0, 0.1) is 0 Å². The molecule has 120 valence electrons. The Hall–Kier alpha value is -1.63. The van der Waals surface area contributed by atoms with Crippen LogP contribution in [0.5, 0.6) is 0 Å². The van der Waals surface area contributed by atoms with Crippen molar-refractivity contribution >= 4 is 51.3 Å². The van der Waals surface area contributed by atoms with Gasteiger partial charge in [-0.25, -0.2) is 0 Å². The van der Waals surface area contributed by atoms with Gasteiger partial charge in [-0.05, 0) is 39.2 Å². The van der Waals surface area contributed by atoms with Crippen molar-refractivity contribution in [2.75, 3.05) is 27.2 Å². The van der Waals surface area contributed by atoms with Gasteiger partial charge in [0.05, 0.1) is 4.91 Å². The van der Waals surface area contributed by atoms with E-state index in [1.54, 1.807) is 11.0 Å². The molecule has 0 spiro atoms. The van der Waals surface area contributed by atoms with Gasteiger partial charge in [-0.2, -0.15) is 0 Å². The third-order valence-electron chi connectivity index (χ3n) is 3.58. The molecule has 1 aliphatic rings. The summed E-state index contributed by atoms with van der Waals surface area (Å²) in [7, 11) is 4.04. The Bertz CT molecular complexity index is 747. The number of thioether (sulfide) groups is 1. The fourth-order valence-electron chi connectivity index (χ4n) is 2.44. The summed E-state index contributed by atoms with van der Waals surface area (Å²) < 4.78 is 6.37. The fraction of sp³-hybridized carbons (Fsp3) is 0.294. The van der Waals surface area contributed by atoms with Crippen LogP contribution < -0.4 is 0 Å². The molecule has 23 heavy (non-hydrogen) atoms. The van der Waals surface area contributed by atoms with E-state index in [9.17, 15) is 4.79 Å². The first kappa shape index (κ1) is 16.2. The second-order valence-electron chi connectivity index (χ2n) is 5.68. The van der Waals surface area contributed by atoms with Gasteiger partial charge in [0.1, 0.15) is 15.7 Å². The van der Waals surface area contributed by atoms with Crippen LogP contribution in [-0.4, -0.2) is 47.2 Å². The summed E-state index contributed by atoms with van der Waals surface area (Å²) in [5.74, 6) is 0.652. The average molecular weight is 346 g/mol. The van der Waals surface area contributed by atoms with Gasteiger partial charge in [-0.15, -0.1) is 0 Å². The van der Waals surface area contributed by atoms with Gasteiger partial charge in [-0.1, -0.05) is 42.2 Å². The quantitative estimate of drug-likeness (QED) is 0.611. The summed E-state index contributed by atoms with van der Waals surface area (Å²) in [5.41, 5.74) is 0.820. The highest BCUT2D eigenvalue weighted by Gasteiger charge is 2.31. The van der Waals surface area contributed by atoms with E-state index in [0.717, 1.165) is 23.9 Å². The van der Waals surface area contributed by atoms with E-state index < -0.39 is 0 Å². The molecule has 0 radical (unpaired) electrons. The molecule has 1 aliphatic heterocycles. The van der Waals surface area contributed by atoms with E-state index in [2.05, 4.69) is 4.90 Å². The molecule has 6 heteroatoms. The minimum Gasteiger partial charge on any atom is -0.457 e. The molecule has 0 N–H and O–H groups in total. The molecule has 2 aromatic rings. The molecule has 0 bridgehead atoms. The van der Waals surface area contributed by atoms with Crippen molar-refractivity contribution in [1.29, 1.82) is 0 Å². The van der Waals surface area contributed by atoms with Crippen LogP contribution in [0.15, 0.2) is 39.7 Å². The molecule has 0 saturated carbocycles. The predicted molar refractivity (Wildman–Crippen MR) is 99.3 cm³/mol. The summed E-state index contributed by atoms with van der Waals surface area (Å²) in [6.45, 7) is 1.58. The standard InChI is InChI=1S/C17H18N2O2S2/c1-18(2)8-5-9-19-16(20)15(23-17(19)22)11-13-10-12-6-3-4-7-14(12)21-13/h3-4,6-7,10-11H,5,8-9H2,1-2H3/b15-11-. The maximum Gasteiger partial charge on any atom is 0.266 e. The number of furan rings is 1. The van der Waals surface area contributed by atoms with Crippen molar-refractivity contribution in [1.82, 2.24) is 9.80 Å². The first-order chi connectivity index (χ1) is 11.0. The number of hydrogen-bond acceptors (Lipinski definition) is 5. The van der Waals surface area contributed by atoms with Gasteiger partial charge in [0, 0.05) is 18.0 Å². The van der Waals surface area contributed by atoms with E-state index in [-0.39, 0.29) is 5.91 Å². The Morgan fingerprint density at radius 1 is 1.35 bits per heavy atom. The molecule has 1 fully saturated rings. The molecule has 1 saturated heterocycles. The normalized spacial score (nSPS) is 17.2. The van der Waals surface area contributed by atoms with Crippen LogP contribution in [0.2, 0.25) is 0 Å². The third-order valence-corrected chi connectivity index (χ3v) is 4.96. The predicted octanol–water partition coefficient (Wildman–Crippen LogP) is 3.59. The molecule has 1 aromatic carbocycles. The summed E-state index contributed by atoms with van der Waals surface area (Å²) in [6.07, 6.45) is 2.68. The third kappa shape index (κ3) is 3.65. The Labute approximate surface area is 145 Å². The van der Waals surface area contributed by atoms with Gasteiger partial charge in [0.2, 0.25) is 0 Å². The largest absolute Gasteiger partial charge is 0.457 e. The number of carbonyl (C=O) groups excluding carboxylic acids is 1. The average Bonchev–Trinajstić information content (AvgIpc) is 3.02. The number of rotatable bonds is 5. The van der Waals surface area contributed by atoms with Crippen LogP contribution in [0.25, 0.3) is 17.0 Å². The lowest BCUT2D eigenvalue weighted by Gasteiger charge is -2.16. The zero-order valence-electron chi connectivity index (χ0n) is 13.1. The van der Waals surface area contributed by atoms with Crippen LogP contribution >= 0.6 is 24.0 Å². The van der Waals surface area contributed by atoms with Crippen molar-refractivity contribution in [2.45, 2.75) is 6.42 Å². The highest BCUT2D eigenvalue weighted by Crippen LogP contribution is 2.33. The summed E-state index contributed by atoms with van der Waals surface area (Å²) in [5, 5.41) is 1.03. The lowest BCUT2D eigenvalue weighted by molar-refractivity contribution is -0.122. The summed E-state index contributed by atoms with van der Waals surface area (Å²) in [6, 6.07) is 9.74. The molecule has 4 nitrogen and oxygen atoms in total. The molecular formula is C17H18N2O2S2.